The van der Waals surface area contributed by atoms with Crippen LogP contribution in [-0.2, 0) is 6.54 Å². The lowest BCUT2D eigenvalue weighted by Crippen LogP contribution is -2.41. The Morgan fingerprint density at radius 1 is 1.38 bits per heavy atom. The molecule has 0 bridgehead atoms. The quantitative estimate of drug-likeness (QED) is 0.846. The monoisotopic (exact) mass is 378 g/mol. The molecule has 9 heteroatoms. The van der Waals surface area contributed by atoms with E-state index in [0.29, 0.717) is 43.6 Å². The van der Waals surface area contributed by atoms with Crippen LogP contribution in [0.15, 0.2) is 18.3 Å². The van der Waals surface area contributed by atoms with E-state index in [0.717, 1.165) is 11.6 Å². The van der Waals surface area contributed by atoms with Crippen LogP contribution in [0.4, 0.5) is 0 Å². The number of rotatable bonds is 5. The molecule has 1 fully saturated rings. The summed E-state index contributed by atoms with van der Waals surface area (Å²) in [6.07, 6.45) is 3.97. The van der Waals surface area contributed by atoms with Gasteiger partial charge in [0.05, 0.1) is 12.6 Å². The number of pyridine rings is 1. The average molecular weight is 379 g/mol. The fourth-order valence-electron chi connectivity index (χ4n) is 3.32. The maximum absolute atomic E-state index is 13.0. The summed E-state index contributed by atoms with van der Waals surface area (Å²) in [6, 6.07) is 3.65. The number of amides is 1. The molecule has 0 unspecified atom stereocenters. The predicted octanol–water partition coefficient (Wildman–Crippen LogP) is 1.53. The van der Waals surface area contributed by atoms with Crippen molar-refractivity contribution >= 4 is 18.3 Å². The zero-order chi connectivity index (χ0) is 17.4. The van der Waals surface area contributed by atoms with Crippen molar-refractivity contribution in [3.63, 3.8) is 0 Å². The van der Waals surface area contributed by atoms with Gasteiger partial charge in [-0.3, -0.25) is 4.79 Å². The second kappa shape index (κ2) is 7.59. The smallest absolute Gasteiger partial charge is 0.276 e. The Labute approximate surface area is 158 Å². The standard InChI is InChI=1S/C17H22N6O2.ClH/c1-11-9-22(10-14-20-21-16(23(11)14)12-4-5-12)17(24)15-13(25-8-6-18)3-2-7-19-15;/h2-3,7,11-12H,4-6,8-10,18H2,1H3;1H/t11-;/m0./s1. The first-order chi connectivity index (χ1) is 12.2. The van der Waals surface area contributed by atoms with Gasteiger partial charge < -0.3 is 19.9 Å². The zero-order valence-corrected chi connectivity index (χ0v) is 15.5. The minimum absolute atomic E-state index is 0. The normalized spacial score (nSPS) is 18.8. The molecule has 0 saturated heterocycles. The molecule has 2 N–H and O–H groups in total. The van der Waals surface area contributed by atoms with Gasteiger partial charge >= 0.3 is 0 Å². The van der Waals surface area contributed by atoms with E-state index in [-0.39, 0.29) is 24.4 Å². The second-order valence-corrected chi connectivity index (χ2v) is 6.64. The van der Waals surface area contributed by atoms with Crippen molar-refractivity contribution in [2.75, 3.05) is 19.7 Å². The van der Waals surface area contributed by atoms with Gasteiger partial charge in [-0.25, -0.2) is 4.98 Å². The number of carbonyl (C=O) groups excluding carboxylic acids is 1. The second-order valence-electron chi connectivity index (χ2n) is 6.64. The lowest BCUT2D eigenvalue weighted by molar-refractivity contribution is 0.0669. The molecule has 4 rings (SSSR count). The molecule has 140 valence electrons. The summed E-state index contributed by atoms with van der Waals surface area (Å²) in [6.45, 7) is 3.88. The maximum atomic E-state index is 13.0. The Bertz CT molecular complexity index is 791. The molecule has 8 nitrogen and oxygen atoms in total. The average Bonchev–Trinajstić information content (AvgIpc) is 3.38. The highest BCUT2D eigenvalue weighted by Crippen LogP contribution is 2.41. The van der Waals surface area contributed by atoms with Crippen LogP contribution < -0.4 is 10.5 Å². The summed E-state index contributed by atoms with van der Waals surface area (Å²) in [7, 11) is 0. The van der Waals surface area contributed by atoms with Gasteiger partial charge in [-0.15, -0.1) is 22.6 Å². The number of halogens is 1. The molecule has 0 radical (unpaired) electrons. The molecule has 1 atom stereocenters. The highest BCUT2D eigenvalue weighted by atomic mass is 35.5. The molecule has 1 amide bonds. The first kappa shape index (κ1) is 18.6. The zero-order valence-electron chi connectivity index (χ0n) is 14.7. The van der Waals surface area contributed by atoms with Gasteiger partial charge in [-0.2, -0.15) is 0 Å². The van der Waals surface area contributed by atoms with Gasteiger partial charge in [0.1, 0.15) is 12.4 Å². The van der Waals surface area contributed by atoms with Crippen LogP contribution in [0.5, 0.6) is 5.75 Å². The minimum Gasteiger partial charge on any atom is -0.490 e. The SMILES string of the molecule is C[C@H]1CN(C(=O)c2ncccc2OCCN)Cc2nnc(C3CC3)n21.Cl. The van der Waals surface area contributed by atoms with Crippen molar-refractivity contribution in [2.45, 2.75) is 38.3 Å². The van der Waals surface area contributed by atoms with E-state index in [1.54, 1.807) is 23.2 Å². The van der Waals surface area contributed by atoms with Crippen LogP contribution in [0.2, 0.25) is 0 Å². The maximum Gasteiger partial charge on any atom is 0.276 e. The number of hydrogen-bond acceptors (Lipinski definition) is 6. The predicted molar refractivity (Wildman–Crippen MR) is 97.5 cm³/mol. The van der Waals surface area contributed by atoms with Crippen molar-refractivity contribution < 1.29 is 9.53 Å². The molecule has 2 aliphatic rings. The van der Waals surface area contributed by atoms with Gasteiger partial charge in [0, 0.05) is 25.2 Å². The lowest BCUT2D eigenvalue weighted by atomic mass is 10.2. The first-order valence-corrected chi connectivity index (χ1v) is 8.70. The molecular formula is C17H23ClN6O2. The summed E-state index contributed by atoms with van der Waals surface area (Å²) in [5, 5.41) is 8.67. The molecule has 3 heterocycles. The summed E-state index contributed by atoms with van der Waals surface area (Å²) >= 11 is 0. The van der Waals surface area contributed by atoms with E-state index in [1.807, 2.05) is 0 Å². The number of aromatic nitrogens is 4. The fourth-order valence-corrected chi connectivity index (χ4v) is 3.32. The highest BCUT2D eigenvalue weighted by molar-refractivity contribution is 5.95. The van der Waals surface area contributed by atoms with Gasteiger partial charge in [0.25, 0.3) is 5.91 Å². The lowest BCUT2D eigenvalue weighted by Gasteiger charge is -2.32. The summed E-state index contributed by atoms with van der Waals surface area (Å²) in [4.78, 5) is 19.0. The summed E-state index contributed by atoms with van der Waals surface area (Å²) < 4.78 is 7.77. The number of carbonyl (C=O) groups is 1. The van der Waals surface area contributed by atoms with Crippen LogP contribution in [0.3, 0.4) is 0 Å². The third kappa shape index (κ3) is 3.39. The van der Waals surface area contributed by atoms with E-state index in [1.165, 1.54) is 12.8 Å². The summed E-state index contributed by atoms with van der Waals surface area (Å²) in [5.74, 6) is 2.77. The number of fused-ring (bicyclic) bond motifs is 1. The summed E-state index contributed by atoms with van der Waals surface area (Å²) in [5.41, 5.74) is 5.81. The minimum atomic E-state index is -0.151. The largest absolute Gasteiger partial charge is 0.490 e. The Hall–Kier alpha value is -2.19. The number of ether oxygens (including phenoxy) is 1. The van der Waals surface area contributed by atoms with Gasteiger partial charge in [-0.05, 0) is 31.9 Å². The van der Waals surface area contributed by atoms with E-state index >= 15 is 0 Å². The van der Waals surface area contributed by atoms with Crippen LogP contribution in [0.1, 0.15) is 53.9 Å². The number of nitrogens with two attached hydrogens (primary N) is 1. The van der Waals surface area contributed by atoms with Crippen LogP contribution in [0, 0.1) is 0 Å². The van der Waals surface area contributed by atoms with Gasteiger partial charge in [0.15, 0.2) is 17.3 Å². The van der Waals surface area contributed by atoms with Crippen molar-refractivity contribution in [1.82, 2.24) is 24.6 Å². The van der Waals surface area contributed by atoms with Gasteiger partial charge in [0.2, 0.25) is 0 Å². The third-order valence-electron chi connectivity index (χ3n) is 4.63. The molecular weight excluding hydrogens is 356 g/mol. The van der Waals surface area contributed by atoms with Crippen LogP contribution in [0.25, 0.3) is 0 Å². The Morgan fingerprint density at radius 2 is 2.19 bits per heavy atom. The van der Waals surface area contributed by atoms with E-state index in [9.17, 15) is 4.79 Å². The molecule has 2 aromatic heterocycles. The van der Waals surface area contributed by atoms with Gasteiger partial charge in [-0.1, -0.05) is 0 Å². The van der Waals surface area contributed by atoms with Crippen molar-refractivity contribution in [2.24, 2.45) is 5.73 Å². The first-order valence-electron chi connectivity index (χ1n) is 8.70. The molecule has 0 aromatic carbocycles. The van der Waals surface area contributed by atoms with Crippen molar-refractivity contribution in [3.8, 4) is 5.75 Å². The molecule has 2 aromatic rings. The Kier molecular flexibility index (Phi) is 5.43. The van der Waals surface area contributed by atoms with E-state index < -0.39 is 0 Å². The van der Waals surface area contributed by atoms with Crippen molar-refractivity contribution in [1.29, 1.82) is 0 Å². The molecule has 0 spiro atoms. The van der Waals surface area contributed by atoms with E-state index in [4.69, 9.17) is 10.5 Å². The molecule has 1 aliphatic carbocycles. The fraction of sp³-hybridized carbons (Fsp3) is 0.529. The van der Waals surface area contributed by atoms with Crippen LogP contribution >= 0.6 is 12.4 Å². The number of hydrogen-bond donors (Lipinski definition) is 1. The van der Waals surface area contributed by atoms with E-state index in [2.05, 4.69) is 26.7 Å². The molecule has 1 aliphatic heterocycles. The highest BCUT2D eigenvalue weighted by Gasteiger charge is 2.36. The van der Waals surface area contributed by atoms with Crippen molar-refractivity contribution in [3.05, 3.63) is 35.7 Å². The third-order valence-corrected chi connectivity index (χ3v) is 4.63. The Morgan fingerprint density at radius 3 is 2.92 bits per heavy atom. The van der Waals surface area contributed by atoms with Crippen LogP contribution in [-0.4, -0.2) is 50.3 Å². The Balaban J connectivity index is 0.00000196. The topological polar surface area (TPSA) is 99.2 Å². The number of nitrogens with zero attached hydrogens (tertiary/aromatic N) is 5. The molecule has 26 heavy (non-hydrogen) atoms. The molecule has 1 saturated carbocycles.